The molecule has 0 radical (unpaired) electrons. The first kappa shape index (κ1) is 15.1. The third-order valence-corrected chi connectivity index (χ3v) is 3.25. The second-order valence-electron chi connectivity index (χ2n) is 4.87. The van der Waals surface area contributed by atoms with Gasteiger partial charge in [0, 0.05) is 24.3 Å². The number of hydrogen-bond donors (Lipinski definition) is 3. The Kier molecular flexibility index (Phi) is 4.85. The summed E-state index contributed by atoms with van der Waals surface area (Å²) < 4.78 is 0. The number of halogens is 2. The van der Waals surface area contributed by atoms with E-state index in [1.165, 1.54) is 12.1 Å². The van der Waals surface area contributed by atoms with Crippen LogP contribution in [0.2, 0.25) is 10.0 Å². The van der Waals surface area contributed by atoms with Crippen molar-refractivity contribution in [2.75, 3.05) is 18.9 Å². The minimum atomic E-state index is -0.397. The van der Waals surface area contributed by atoms with Gasteiger partial charge in [-0.1, -0.05) is 37.0 Å². The molecule has 4 N–H and O–H groups in total. The molecule has 18 heavy (non-hydrogen) atoms. The van der Waals surface area contributed by atoms with Crippen LogP contribution in [0.5, 0.6) is 0 Å². The number of hydrogen-bond acceptors (Lipinski definition) is 3. The fourth-order valence-corrected chi connectivity index (χ4v) is 1.67. The number of nitrogens with two attached hydrogens (primary N) is 1. The molecule has 0 aliphatic rings. The molecule has 100 valence electrons. The molecule has 0 heterocycles. The van der Waals surface area contributed by atoms with E-state index in [4.69, 9.17) is 34.0 Å². The number of aliphatic hydroxyl groups is 1. The zero-order chi connectivity index (χ0) is 13.9. The van der Waals surface area contributed by atoms with Gasteiger partial charge in [-0.3, -0.25) is 4.79 Å². The van der Waals surface area contributed by atoms with Crippen molar-refractivity contribution in [2.24, 2.45) is 5.41 Å². The summed E-state index contributed by atoms with van der Waals surface area (Å²) in [5.74, 6) is -0.365. The molecule has 1 aromatic rings. The topological polar surface area (TPSA) is 75.3 Å². The molecule has 0 bridgehead atoms. The van der Waals surface area contributed by atoms with Crippen LogP contribution < -0.4 is 11.1 Å². The van der Waals surface area contributed by atoms with Crippen LogP contribution >= 0.6 is 23.2 Å². The van der Waals surface area contributed by atoms with E-state index < -0.39 is 5.41 Å². The van der Waals surface area contributed by atoms with Gasteiger partial charge < -0.3 is 16.2 Å². The molecule has 0 aliphatic carbocycles. The van der Waals surface area contributed by atoms with E-state index in [9.17, 15) is 4.79 Å². The van der Waals surface area contributed by atoms with Crippen molar-refractivity contribution in [1.82, 2.24) is 5.32 Å². The highest BCUT2D eigenvalue weighted by Gasteiger charge is 2.20. The van der Waals surface area contributed by atoms with Crippen LogP contribution in [-0.4, -0.2) is 24.2 Å². The molecular formula is C12H16Cl2N2O2. The predicted molar refractivity (Wildman–Crippen MR) is 74.1 cm³/mol. The van der Waals surface area contributed by atoms with Gasteiger partial charge in [0.15, 0.2) is 0 Å². The van der Waals surface area contributed by atoms with Crippen LogP contribution in [-0.2, 0) is 0 Å². The van der Waals surface area contributed by atoms with Gasteiger partial charge in [-0.15, -0.1) is 0 Å². The molecule has 1 rings (SSSR count). The summed E-state index contributed by atoms with van der Waals surface area (Å²) in [4.78, 5) is 11.9. The van der Waals surface area contributed by atoms with Crippen LogP contribution in [0.4, 0.5) is 5.69 Å². The molecule has 1 amide bonds. The molecular weight excluding hydrogens is 275 g/mol. The molecule has 0 fully saturated rings. The van der Waals surface area contributed by atoms with E-state index in [0.717, 1.165) is 0 Å². The molecule has 1 aromatic carbocycles. The van der Waals surface area contributed by atoms with Crippen molar-refractivity contribution in [3.63, 3.8) is 0 Å². The summed E-state index contributed by atoms with van der Waals surface area (Å²) in [5, 5.41) is 12.2. The average molecular weight is 291 g/mol. The van der Waals surface area contributed by atoms with Crippen LogP contribution in [0.1, 0.15) is 24.2 Å². The third kappa shape index (κ3) is 3.77. The molecule has 0 atom stereocenters. The van der Waals surface area contributed by atoms with E-state index in [1.54, 1.807) is 0 Å². The summed E-state index contributed by atoms with van der Waals surface area (Å²) in [7, 11) is 0. The van der Waals surface area contributed by atoms with E-state index in [-0.39, 0.29) is 28.1 Å². The number of aliphatic hydroxyl groups excluding tert-OH is 1. The van der Waals surface area contributed by atoms with Gasteiger partial charge in [-0.05, 0) is 12.1 Å². The Hall–Kier alpha value is -0.970. The molecule has 0 spiro atoms. The van der Waals surface area contributed by atoms with Crippen LogP contribution in [0.25, 0.3) is 0 Å². The monoisotopic (exact) mass is 290 g/mol. The van der Waals surface area contributed by atoms with Gasteiger partial charge in [0.05, 0.1) is 15.6 Å². The summed E-state index contributed by atoms with van der Waals surface area (Å²) >= 11 is 11.8. The average Bonchev–Trinajstić information content (AvgIpc) is 2.31. The lowest BCUT2D eigenvalue weighted by Crippen LogP contribution is -2.36. The lowest BCUT2D eigenvalue weighted by molar-refractivity contribution is 0.0911. The van der Waals surface area contributed by atoms with Crippen molar-refractivity contribution in [2.45, 2.75) is 13.8 Å². The highest BCUT2D eigenvalue weighted by atomic mass is 35.5. The Labute approximate surface area is 116 Å². The molecule has 0 saturated carbocycles. The number of nitrogens with one attached hydrogen (secondary N) is 1. The Morgan fingerprint density at radius 2 is 2.06 bits per heavy atom. The van der Waals surface area contributed by atoms with E-state index >= 15 is 0 Å². The lowest BCUT2D eigenvalue weighted by atomic mass is 9.95. The molecule has 4 nitrogen and oxygen atoms in total. The zero-order valence-electron chi connectivity index (χ0n) is 10.3. The van der Waals surface area contributed by atoms with Gasteiger partial charge in [0.2, 0.25) is 0 Å². The molecule has 0 aliphatic heterocycles. The van der Waals surface area contributed by atoms with Crippen molar-refractivity contribution in [3.05, 3.63) is 27.7 Å². The normalized spacial score (nSPS) is 11.4. The first-order chi connectivity index (χ1) is 8.26. The summed E-state index contributed by atoms with van der Waals surface area (Å²) in [6, 6.07) is 2.95. The molecule has 0 saturated heterocycles. The van der Waals surface area contributed by atoms with Gasteiger partial charge in [-0.2, -0.15) is 0 Å². The highest BCUT2D eigenvalue weighted by molar-refractivity contribution is 6.44. The Balaban J connectivity index is 2.85. The van der Waals surface area contributed by atoms with Gasteiger partial charge >= 0.3 is 0 Å². The Bertz CT molecular complexity index is 462. The highest BCUT2D eigenvalue weighted by Crippen LogP contribution is 2.28. The molecule has 0 aromatic heterocycles. The Morgan fingerprint density at radius 1 is 1.44 bits per heavy atom. The lowest BCUT2D eigenvalue weighted by Gasteiger charge is -2.22. The van der Waals surface area contributed by atoms with Crippen molar-refractivity contribution in [3.8, 4) is 0 Å². The molecule has 0 unspecified atom stereocenters. The summed E-state index contributed by atoms with van der Waals surface area (Å²) in [5.41, 5.74) is 5.82. The van der Waals surface area contributed by atoms with Crippen LogP contribution in [0.3, 0.4) is 0 Å². The largest absolute Gasteiger partial charge is 0.399 e. The number of rotatable bonds is 4. The summed E-state index contributed by atoms with van der Waals surface area (Å²) in [6.45, 7) is 3.96. The van der Waals surface area contributed by atoms with Crippen molar-refractivity contribution in [1.29, 1.82) is 0 Å². The van der Waals surface area contributed by atoms with E-state index in [0.29, 0.717) is 12.2 Å². The second-order valence-corrected chi connectivity index (χ2v) is 5.65. The first-order valence-corrected chi connectivity index (χ1v) is 6.16. The number of nitrogen functional groups attached to an aromatic ring is 1. The quantitative estimate of drug-likeness (QED) is 0.745. The summed E-state index contributed by atoms with van der Waals surface area (Å²) in [6.07, 6.45) is 0. The number of carbonyl (C=O) groups is 1. The SMILES string of the molecule is CC(C)(CO)CNC(=O)c1cc(N)cc(Cl)c1Cl. The number of amides is 1. The van der Waals surface area contributed by atoms with Crippen LogP contribution in [0, 0.1) is 5.41 Å². The standard InChI is InChI=1S/C12H16Cl2N2O2/c1-12(2,6-17)5-16-11(18)8-3-7(15)4-9(13)10(8)14/h3-4,17H,5-6,15H2,1-2H3,(H,16,18). The van der Waals surface area contributed by atoms with Gasteiger partial charge in [0.25, 0.3) is 5.91 Å². The van der Waals surface area contributed by atoms with Crippen LogP contribution in [0.15, 0.2) is 12.1 Å². The van der Waals surface area contributed by atoms with Gasteiger partial charge in [0.1, 0.15) is 0 Å². The smallest absolute Gasteiger partial charge is 0.252 e. The maximum absolute atomic E-state index is 11.9. The fraction of sp³-hybridized carbons (Fsp3) is 0.417. The second kappa shape index (κ2) is 5.78. The minimum absolute atomic E-state index is 0.0291. The zero-order valence-corrected chi connectivity index (χ0v) is 11.8. The van der Waals surface area contributed by atoms with E-state index in [2.05, 4.69) is 5.32 Å². The fourth-order valence-electron chi connectivity index (χ4n) is 1.25. The first-order valence-electron chi connectivity index (χ1n) is 5.40. The van der Waals surface area contributed by atoms with Crippen molar-refractivity contribution < 1.29 is 9.90 Å². The maximum Gasteiger partial charge on any atom is 0.252 e. The maximum atomic E-state index is 11.9. The number of anilines is 1. The Morgan fingerprint density at radius 3 is 2.61 bits per heavy atom. The number of carbonyl (C=O) groups excluding carboxylic acids is 1. The minimum Gasteiger partial charge on any atom is -0.399 e. The molecule has 6 heteroatoms. The van der Waals surface area contributed by atoms with Crippen molar-refractivity contribution >= 4 is 34.8 Å². The third-order valence-electron chi connectivity index (χ3n) is 2.45. The predicted octanol–water partition coefficient (Wildman–Crippen LogP) is 2.32. The van der Waals surface area contributed by atoms with E-state index in [1.807, 2.05) is 13.8 Å². The van der Waals surface area contributed by atoms with Gasteiger partial charge in [-0.25, -0.2) is 0 Å². The number of benzene rings is 1.